The molecule has 0 saturated carbocycles. The van der Waals surface area contributed by atoms with Gasteiger partial charge in [0.15, 0.2) is 0 Å². The van der Waals surface area contributed by atoms with Crippen LogP contribution >= 0.6 is 17.0 Å². The Labute approximate surface area is 299 Å². The van der Waals surface area contributed by atoms with E-state index in [4.69, 9.17) is 17.0 Å². The Morgan fingerprint density at radius 2 is 0.875 bits per heavy atom. The molecule has 0 amide bonds. The van der Waals surface area contributed by atoms with E-state index < -0.39 is 21.5 Å². The third-order valence-corrected chi connectivity index (χ3v) is 63.6. The molecular weight excluding hydrogens is 719 g/mol. The summed E-state index contributed by atoms with van der Waals surface area (Å²) >= 11 is -4.82. The molecule has 2 aliphatic carbocycles. The van der Waals surface area contributed by atoms with Gasteiger partial charge in [-0.15, -0.1) is 0 Å². The minimum atomic E-state index is -4.82. The van der Waals surface area contributed by atoms with E-state index in [2.05, 4.69) is 155 Å². The van der Waals surface area contributed by atoms with Gasteiger partial charge in [0.1, 0.15) is 0 Å². The van der Waals surface area contributed by atoms with Crippen molar-refractivity contribution in [3.05, 3.63) is 127 Å². The van der Waals surface area contributed by atoms with Crippen LogP contribution in [0.15, 0.2) is 71.8 Å². The van der Waals surface area contributed by atoms with E-state index in [1.165, 1.54) is 89.0 Å². The molecular formula is C44H53Cl2SiZr. The molecule has 0 radical (unpaired) electrons. The molecule has 0 aromatic heterocycles. The van der Waals surface area contributed by atoms with Crippen LogP contribution in [-0.2, 0) is 15.6 Å². The van der Waals surface area contributed by atoms with Crippen molar-refractivity contribution in [1.29, 1.82) is 0 Å². The number of fused-ring (bicyclic) bond motifs is 2. The zero-order valence-corrected chi connectivity index (χ0v) is 36.2. The maximum absolute atomic E-state index is 8.64. The molecule has 4 aromatic carbocycles. The molecule has 48 heavy (non-hydrogen) atoms. The van der Waals surface area contributed by atoms with E-state index in [1.54, 1.807) is 0 Å². The summed E-state index contributed by atoms with van der Waals surface area (Å²) in [5, 5.41) is 0. The quantitative estimate of drug-likeness (QED) is 0.164. The summed E-state index contributed by atoms with van der Waals surface area (Å²) in [7, 11) is 17.3. The van der Waals surface area contributed by atoms with Gasteiger partial charge in [-0.1, -0.05) is 0 Å². The van der Waals surface area contributed by atoms with Crippen LogP contribution in [0.3, 0.4) is 0 Å². The van der Waals surface area contributed by atoms with Crippen LogP contribution in [-0.4, -0.2) is 5.92 Å². The molecule has 4 heteroatoms. The van der Waals surface area contributed by atoms with Gasteiger partial charge in [0.2, 0.25) is 0 Å². The van der Waals surface area contributed by atoms with Crippen LogP contribution in [0.2, 0.25) is 13.1 Å². The summed E-state index contributed by atoms with van der Waals surface area (Å²) in [5.41, 5.74) is 21.4. The Bertz CT molecular complexity index is 1850. The van der Waals surface area contributed by atoms with Gasteiger partial charge in [-0.2, -0.15) is 0 Å². The van der Waals surface area contributed by atoms with Crippen molar-refractivity contribution in [2.45, 2.75) is 101 Å². The summed E-state index contributed by atoms with van der Waals surface area (Å²) in [4.78, 5) is 0. The van der Waals surface area contributed by atoms with Crippen molar-refractivity contribution < 1.29 is 15.6 Å². The predicted octanol–water partition coefficient (Wildman–Crippen LogP) is 14.1. The Morgan fingerprint density at radius 3 is 1.17 bits per heavy atom. The average Bonchev–Trinajstić information content (AvgIpc) is 3.51. The monoisotopic (exact) mass is 769 g/mol. The minimum absolute atomic E-state index is 0.0797. The molecule has 2 atom stereocenters. The Morgan fingerprint density at radius 1 is 0.542 bits per heavy atom. The topological polar surface area (TPSA) is 0 Å². The molecule has 4 aromatic rings. The second-order valence-electron chi connectivity index (χ2n) is 16.2. The molecule has 0 bridgehead atoms. The predicted molar refractivity (Wildman–Crippen MR) is 214 cm³/mol. The molecule has 0 heterocycles. The SMILES string of the molecule is CC1=Cc2c(ccc(C(C)C)c2-c2cc(C)cc(C)c2)[CH]1[Zr]([Cl])([Cl])([CH]1C(C)=Cc2c1ccc(C(C)C)c2-c1cc(C)cc(C)c1)[SiH](C)C. The maximum atomic E-state index is 8.64. The van der Waals surface area contributed by atoms with Gasteiger partial charge in [0.05, 0.1) is 0 Å². The Hall–Kier alpha value is -1.96. The fraction of sp³-hybridized carbons (Fsp3) is 0.364. The van der Waals surface area contributed by atoms with Crippen molar-refractivity contribution in [3.63, 3.8) is 0 Å². The number of aryl methyl sites for hydroxylation is 4. The third kappa shape index (κ3) is 5.66. The Kier molecular flexibility index (Phi) is 9.46. The molecule has 0 aliphatic heterocycles. The summed E-state index contributed by atoms with van der Waals surface area (Å²) in [6, 6.07) is 23.6. The van der Waals surface area contributed by atoms with Gasteiger partial charge in [0.25, 0.3) is 0 Å². The van der Waals surface area contributed by atoms with Crippen molar-refractivity contribution in [2.75, 3.05) is 0 Å². The van der Waals surface area contributed by atoms with Gasteiger partial charge in [-0.05, 0) is 0 Å². The number of allylic oxidation sites excluding steroid dienone is 2. The molecule has 251 valence electrons. The van der Waals surface area contributed by atoms with Crippen molar-refractivity contribution in [2.24, 2.45) is 0 Å². The summed E-state index contributed by atoms with van der Waals surface area (Å²) in [6.45, 7) is 27.6. The van der Waals surface area contributed by atoms with E-state index in [0.717, 1.165) is 0 Å². The third-order valence-electron chi connectivity index (χ3n) is 11.4. The van der Waals surface area contributed by atoms with Crippen LogP contribution < -0.4 is 0 Å². The number of rotatable bonds is 7. The fourth-order valence-corrected chi connectivity index (χ4v) is 42.3. The Balaban J connectivity index is 1.62. The van der Waals surface area contributed by atoms with Gasteiger partial charge >= 0.3 is 302 Å². The standard InChI is InChI=1S/2C21H23.C2H7Si.2ClH.Zr/c2*1-13(2)19-7-6-17-9-16(5)12-20(17)21(19)18-10-14(3)8-15(4)11-18;1-3-2;;;/h2*6-13H,1-5H3;3H,1-2H3;2*1H;/q;;;;;+2/p-2. The number of halogens is 2. The second kappa shape index (κ2) is 12.7. The van der Waals surface area contributed by atoms with E-state index >= 15 is 0 Å². The molecule has 0 spiro atoms. The number of hydrogen-bond acceptors (Lipinski definition) is 0. The molecule has 0 nitrogen and oxygen atoms in total. The summed E-state index contributed by atoms with van der Waals surface area (Å²) in [6.07, 6.45) is 4.93. The first kappa shape index (κ1) is 35.9. The fourth-order valence-electron chi connectivity index (χ4n) is 9.37. The van der Waals surface area contributed by atoms with Crippen LogP contribution in [0.25, 0.3) is 34.4 Å². The molecule has 2 aliphatic rings. The van der Waals surface area contributed by atoms with Gasteiger partial charge in [-0.25, -0.2) is 0 Å². The molecule has 6 rings (SSSR count). The van der Waals surface area contributed by atoms with Crippen LogP contribution in [0.1, 0.15) is 116 Å². The molecule has 2 unspecified atom stereocenters. The van der Waals surface area contributed by atoms with Crippen LogP contribution in [0.5, 0.6) is 0 Å². The number of hydrogen-bond donors (Lipinski definition) is 0. The van der Waals surface area contributed by atoms with Crippen molar-refractivity contribution in [3.8, 4) is 22.3 Å². The van der Waals surface area contributed by atoms with E-state index in [9.17, 15) is 0 Å². The summed E-state index contributed by atoms with van der Waals surface area (Å²) in [5.74, 6) is -0.831. The van der Waals surface area contributed by atoms with Crippen LogP contribution in [0, 0.1) is 27.7 Å². The normalized spacial score (nSPS) is 18.2. The molecule has 0 saturated heterocycles. The molecule has 0 fully saturated rings. The molecule has 0 N–H and O–H groups in total. The average molecular weight is 772 g/mol. The second-order valence-corrected chi connectivity index (χ2v) is 58.7. The van der Waals surface area contributed by atoms with Crippen molar-refractivity contribution in [1.82, 2.24) is 0 Å². The van der Waals surface area contributed by atoms with Gasteiger partial charge in [0, 0.05) is 0 Å². The van der Waals surface area contributed by atoms with E-state index in [0.29, 0.717) is 11.8 Å². The zero-order valence-electron chi connectivity index (χ0n) is 31.1. The first-order valence-electron chi connectivity index (χ1n) is 17.9. The van der Waals surface area contributed by atoms with Crippen LogP contribution in [0.4, 0.5) is 0 Å². The van der Waals surface area contributed by atoms with Gasteiger partial charge < -0.3 is 0 Å². The zero-order chi connectivity index (χ0) is 35.1. The van der Waals surface area contributed by atoms with E-state index in [1.807, 2.05) is 0 Å². The van der Waals surface area contributed by atoms with Crippen molar-refractivity contribution >= 4 is 35.1 Å². The first-order valence-corrected chi connectivity index (χ1v) is 34.2. The summed E-state index contributed by atoms with van der Waals surface area (Å²) < 4.78 is 0.159. The first-order chi connectivity index (χ1) is 22.4. The van der Waals surface area contributed by atoms with E-state index in [-0.39, 0.29) is 7.25 Å². The number of benzene rings is 4. The van der Waals surface area contributed by atoms with Gasteiger partial charge in [-0.3, -0.25) is 0 Å².